The zero-order chi connectivity index (χ0) is 21.8. The molecule has 164 valence electrons. The van der Waals surface area contributed by atoms with Crippen LogP contribution in [-0.2, 0) is 6.54 Å². The van der Waals surface area contributed by atoms with E-state index in [4.69, 9.17) is 9.47 Å². The third-order valence-electron chi connectivity index (χ3n) is 5.96. The molecule has 0 aliphatic carbocycles. The lowest BCUT2D eigenvalue weighted by molar-refractivity contribution is 0.150. The highest BCUT2D eigenvalue weighted by molar-refractivity contribution is 5.45. The van der Waals surface area contributed by atoms with Gasteiger partial charge in [0.2, 0.25) is 0 Å². The normalized spacial score (nSPS) is 16.3. The summed E-state index contributed by atoms with van der Waals surface area (Å²) in [5.74, 6) is 2.56. The van der Waals surface area contributed by atoms with Crippen LogP contribution in [0.15, 0.2) is 42.5 Å². The average Bonchev–Trinajstić information content (AvgIpc) is 3.24. The fraction of sp³-hybridized carbons (Fsp3) is 0.435. The van der Waals surface area contributed by atoms with Gasteiger partial charge in [0, 0.05) is 0 Å². The highest BCUT2D eigenvalue weighted by Crippen LogP contribution is 2.36. The molecule has 2 heterocycles. The van der Waals surface area contributed by atoms with Crippen LogP contribution >= 0.6 is 0 Å². The van der Waals surface area contributed by atoms with E-state index in [0.717, 1.165) is 42.9 Å². The van der Waals surface area contributed by atoms with Gasteiger partial charge in [-0.1, -0.05) is 25.1 Å². The molecule has 0 spiro atoms. The summed E-state index contributed by atoms with van der Waals surface area (Å²) in [4.78, 5) is 2.42. The Morgan fingerprint density at radius 2 is 1.74 bits per heavy atom. The summed E-state index contributed by atoms with van der Waals surface area (Å²) in [7, 11) is 3.27. The molecule has 1 fully saturated rings. The van der Waals surface area contributed by atoms with Crippen molar-refractivity contribution < 1.29 is 13.9 Å². The molecule has 8 heteroatoms. The molecular weight excluding hydrogens is 397 g/mol. The van der Waals surface area contributed by atoms with Crippen LogP contribution in [0.25, 0.3) is 0 Å². The van der Waals surface area contributed by atoms with E-state index >= 15 is 0 Å². The quantitative estimate of drug-likeness (QED) is 0.575. The van der Waals surface area contributed by atoms with Crippen molar-refractivity contribution in [3.05, 3.63) is 65.2 Å². The predicted molar refractivity (Wildman–Crippen MR) is 115 cm³/mol. The van der Waals surface area contributed by atoms with Crippen molar-refractivity contribution >= 4 is 0 Å². The Morgan fingerprint density at radius 3 is 2.42 bits per heavy atom. The van der Waals surface area contributed by atoms with Gasteiger partial charge in [-0.25, -0.2) is 9.07 Å². The number of tetrazole rings is 1. The smallest absolute Gasteiger partial charge is 0.173 e. The van der Waals surface area contributed by atoms with Gasteiger partial charge >= 0.3 is 0 Å². The van der Waals surface area contributed by atoms with E-state index in [1.807, 2.05) is 18.2 Å². The molecular formula is C23H28FN5O2. The molecule has 1 aliphatic rings. The molecule has 0 bridgehead atoms. The molecule has 0 amide bonds. The minimum absolute atomic E-state index is 0.122. The zero-order valence-electron chi connectivity index (χ0n) is 18.2. The number of likely N-dealkylation sites (tertiary alicyclic amines) is 1. The number of halogens is 1. The first-order valence-corrected chi connectivity index (χ1v) is 10.6. The van der Waals surface area contributed by atoms with Crippen molar-refractivity contribution in [3.8, 4) is 11.5 Å². The van der Waals surface area contributed by atoms with Gasteiger partial charge in [0.1, 0.15) is 5.82 Å². The molecule has 0 unspecified atom stereocenters. The lowest BCUT2D eigenvalue weighted by Gasteiger charge is -2.36. The molecule has 2 aromatic carbocycles. The molecule has 3 aromatic rings. The number of hydrogen-bond acceptors (Lipinski definition) is 6. The Morgan fingerprint density at radius 1 is 1.03 bits per heavy atom. The largest absolute Gasteiger partial charge is 0.493 e. The van der Waals surface area contributed by atoms with Crippen LogP contribution in [-0.4, -0.2) is 52.4 Å². The highest BCUT2D eigenvalue weighted by Gasteiger charge is 2.31. The Bertz CT molecular complexity index is 999. The lowest BCUT2D eigenvalue weighted by Crippen LogP contribution is -2.38. The van der Waals surface area contributed by atoms with Gasteiger partial charge in [-0.05, 0) is 77.7 Å². The summed E-state index contributed by atoms with van der Waals surface area (Å²) in [6.07, 6.45) is 2.26. The van der Waals surface area contributed by atoms with Crippen LogP contribution in [0.4, 0.5) is 4.39 Å². The van der Waals surface area contributed by atoms with Crippen molar-refractivity contribution in [1.82, 2.24) is 25.1 Å². The van der Waals surface area contributed by atoms with E-state index in [0.29, 0.717) is 24.0 Å². The first kappa shape index (κ1) is 21.2. The van der Waals surface area contributed by atoms with Crippen LogP contribution in [0.3, 0.4) is 0 Å². The number of nitrogens with zero attached hydrogens (tertiary/aromatic N) is 5. The molecule has 1 atom stereocenters. The van der Waals surface area contributed by atoms with Gasteiger partial charge in [0.15, 0.2) is 17.3 Å². The summed E-state index contributed by atoms with van der Waals surface area (Å²) in [6.45, 7) is 4.69. The van der Waals surface area contributed by atoms with E-state index in [1.165, 1.54) is 12.1 Å². The van der Waals surface area contributed by atoms with Gasteiger partial charge in [0.25, 0.3) is 0 Å². The number of benzene rings is 2. The Balaban J connectivity index is 1.72. The first-order valence-electron chi connectivity index (χ1n) is 10.6. The maximum Gasteiger partial charge on any atom is 0.173 e. The molecule has 7 nitrogen and oxygen atoms in total. The van der Waals surface area contributed by atoms with Crippen LogP contribution < -0.4 is 9.47 Å². The van der Waals surface area contributed by atoms with Gasteiger partial charge in [-0.2, -0.15) is 0 Å². The highest BCUT2D eigenvalue weighted by atomic mass is 19.1. The second-order valence-corrected chi connectivity index (χ2v) is 8.06. The van der Waals surface area contributed by atoms with Crippen LogP contribution in [0.2, 0.25) is 0 Å². The molecule has 0 saturated carbocycles. The summed E-state index contributed by atoms with van der Waals surface area (Å²) >= 11 is 0. The van der Waals surface area contributed by atoms with Crippen LogP contribution in [0, 0.1) is 11.7 Å². The maximum atomic E-state index is 13.3. The number of aromatic nitrogens is 4. The van der Waals surface area contributed by atoms with Crippen molar-refractivity contribution in [2.75, 3.05) is 27.3 Å². The monoisotopic (exact) mass is 425 g/mol. The van der Waals surface area contributed by atoms with Crippen molar-refractivity contribution in [2.45, 2.75) is 32.4 Å². The summed E-state index contributed by atoms with van der Waals surface area (Å²) < 4.78 is 26.1. The van der Waals surface area contributed by atoms with E-state index in [1.54, 1.807) is 31.0 Å². The number of ether oxygens (including phenoxy) is 2. The molecule has 4 rings (SSSR count). The molecule has 1 aromatic heterocycles. The van der Waals surface area contributed by atoms with Gasteiger partial charge < -0.3 is 9.47 Å². The molecule has 0 N–H and O–H groups in total. The average molecular weight is 426 g/mol. The van der Waals surface area contributed by atoms with Crippen molar-refractivity contribution in [1.29, 1.82) is 0 Å². The maximum absolute atomic E-state index is 13.3. The van der Waals surface area contributed by atoms with Crippen molar-refractivity contribution in [3.63, 3.8) is 0 Å². The standard InChI is InChI=1S/C23H28FN5O2/c1-16-10-12-28(13-11-16)22(18-6-9-20(30-2)21(14-18)31-3)23-25-26-27-29(23)15-17-4-7-19(24)8-5-17/h4-9,14,16,22H,10-13,15H2,1-3H3/t22-/m1/s1. The predicted octanol–water partition coefficient (Wildman–Crippen LogP) is 3.70. The van der Waals surface area contributed by atoms with E-state index in [9.17, 15) is 4.39 Å². The number of rotatable bonds is 7. The minimum atomic E-state index is -0.258. The van der Waals surface area contributed by atoms with Crippen LogP contribution in [0.1, 0.15) is 42.8 Å². The SMILES string of the molecule is COc1ccc([C@H](c2nnnn2Cc2ccc(F)cc2)N2CCC(C)CC2)cc1OC. The molecule has 31 heavy (non-hydrogen) atoms. The van der Waals surface area contributed by atoms with E-state index in [-0.39, 0.29) is 11.9 Å². The number of piperidine rings is 1. The Kier molecular flexibility index (Phi) is 6.46. The lowest BCUT2D eigenvalue weighted by atomic mass is 9.95. The summed E-state index contributed by atoms with van der Waals surface area (Å²) in [5.41, 5.74) is 1.98. The third kappa shape index (κ3) is 4.69. The Hall–Kier alpha value is -3.00. The minimum Gasteiger partial charge on any atom is -0.493 e. The number of hydrogen-bond donors (Lipinski definition) is 0. The third-order valence-corrected chi connectivity index (χ3v) is 5.96. The second kappa shape index (κ2) is 9.43. The summed E-state index contributed by atoms with van der Waals surface area (Å²) in [6, 6.07) is 12.3. The molecule has 0 radical (unpaired) electrons. The second-order valence-electron chi connectivity index (χ2n) is 8.06. The zero-order valence-corrected chi connectivity index (χ0v) is 18.2. The topological polar surface area (TPSA) is 65.3 Å². The molecule has 1 saturated heterocycles. The summed E-state index contributed by atoms with van der Waals surface area (Å²) in [5, 5.41) is 12.6. The number of methoxy groups -OCH3 is 2. The van der Waals surface area contributed by atoms with E-state index < -0.39 is 0 Å². The molecule has 1 aliphatic heterocycles. The van der Waals surface area contributed by atoms with Gasteiger partial charge in [-0.15, -0.1) is 5.10 Å². The first-order chi connectivity index (χ1) is 15.1. The van der Waals surface area contributed by atoms with Crippen LogP contribution in [0.5, 0.6) is 11.5 Å². The fourth-order valence-electron chi connectivity index (χ4n) is 4.12. The van der Waals surface area contributed by atoms with Crippen molar-refractivity contribution in [2.24, 2.45) is 5.92 Å². The Labute approximate surface area is 181 Å². The van der Waals surface area contributed by atoms with Gasteiger partial charge in [-0.3, -0.25) is 4.90 Å². The van der Waals surface area contributed by atoms with E-state index in [2.05, 4.69) is 27.3 Å². The fourth-order valence-corrected chi connectivity index (χ4v) is 4.12. The van der Waals surface area contributed by atoms with Gasteiger partial charge in [0.05, 0.1) is 26.8 Å².